The van der Waals surface area contributed by atoms with E-state index in [9.17, 15) is 4.79 Å². The third-order valence-electron chi connectivity index (χ3n) is 4.65. The first-order valence-corrected chi connectivity index (χ1v) is 9.71. The van der Waals surface area contributed by atoms with Gasteiger partial charge in [0.1, 0.15) is 0 Å². The second kappa shape index (κ2) is 7.96. The quantitative estimate of drug-likeness (QED) is 0.810. The summed E-state index contributed by atoms with van der Waals surface area (Å²) in [5.41, 5.74) is 3.21. The van der Waals surface area contributed by atoms with E-state index in [1.54, 1.807) is 0 Å². The zero-order chi connectivity index (χ0) is 17.8. The van der Waals surface area contributed by atoms with Crippen LogP contribution in [-0.2, 0) is 0 Å². The number of aryl methyl sites for hydroxylation is 1. The van der Waals surface area contributed by atoms with Crippen LogP contribution in [0.25, 0.3) is 0 Å². The van der Waals surface area contributed by atoms with E-state index in [-0.39, 0.29) is 5.91 Å². The van der Waals surface area contributed by atoms with E-state index < -0.39 is 0 Å². The third-order valence-corrected chi connectivity index (χ3v) is 5.98. The number of thioether (sulfide) groups is 1. The zero-order valence-corrected chi connectivity index (χ0v) is 16.1. The van der Waals surface area contributed by atoms with Crippen LogP contribution in [0.15, 0.2) is 53.4 Å². The summed E-state index contributed by atoms with van der Waals surface area (Å²) < 4.78 is 0. The molecule has 0 aliphatic carbocycles. The first-order chi connectivity index (χ1) is 12.0. The Labute approximate surface area is 155 Å². The minimum atomic E-state index is 0.157. The molecule has 0 unspecified atom stereocenters. The van der Waals surface area contributed by atoms with Crippen molar-refractivity contribution in [2.75, 3.05) is 32.1 Å². The molecule has 2 aromatic rings. The van der Waals surface area contributed by atoms with Crippen molar-refractivity contribution in [2.24, 2.45) is 0 Å². The van der Waals surface area contributed by atoms with Gasteiger partial charge in [-0.2, -0.15) is 0 Å². The molecule has 0 aromatic heterocycles. The first-order valence-electron chi connectivity index (χ1n) is 8.83. The predicted octanol–water partition coefficient (Wildman–Crippen LogP) is 4.46. The number of nitrogens with zero attached hydrogens (tertiary/aromatic N) is 2. The highest BCUT2D eigenvalue weighted by Gasteiger charge is 2.24. The third kappa shape index (κ3) is 4.57. The second-order valence-electron chi connectivity index (χ2n) is 6.87. The van der Waals surface area contributed by atoms with Gasteiger partial charge in [0.2, 0.25) is 0 Å². The van der Waals surface area contributed by atoms with E-state index in [0.29, 0.717) is 5.25 Å². The first kappa shape index (κ1) is 17.9. The number of likely N-dealkylation sites (tertiary alicyclic amines) is 1. The highest BCUT2D eigenvalue weighted by Crippen LogP contribution is 2.31. The number of amides is 1. The molecule has 132 valence electrons. The predicted molar refractivity (Wildman–Crippen MR) is 107 cm³/mol. The zero-order valence-electron chi connectivity index (χ0n) is 15.2. The van der Waals surface area contributed by atoms with Crippen LogP contribution in [0.4, 0.5) is 5.69 Å². The number of carbonyl (C=O) groups is 1. The number of carbonyl (C=O) groups excluding carboxylic acids is 1. The Kier molecular flexibility index (Phi) is 5.69. The van der Waals surface area contributed by atoms with Gasteiger partial charge in [0, 0.05) is 48.6 Å². The number of benzene rings is 2. The van der Waals surface area contributed by atoms with Gasteiger partial charge in [0.25, 0.3) is 5.91 Å². The van der Waals surface area contributed by atoms with Gasteiger partial charge in [-0.1, -0.05) is 17.7 Å². The Morgan fingerprint density at radius 1 is 1.08 bits per heavy atom. The largest absolute Gasteiger partial charge is 0.378 e. The van der Waals surface area contributed by atoms with Gasteiger partial charge in [-0.15, -0.1) is 11.8 Å². The molecule has 1 amide bonds. The summed E-state index contributed by atoms with van der Waals surface area (Å²) in [4.78, 5) is 18.1. The normalized spacial score (nSPS) is 15.2. The average Bonchev–Trinajstić information content (AvgIpc) is 2.62. The molecule has 25 heavy (non-hydrogen) atoms. The van der Waals surface area contributed by atoms with Crippen LogP contribution in [0, 0.1) is 6.92 Å². The van der Waals surface area contributed by atoms with Crippen LogP contribution in [-0.4, -0.2) is 43.2 Å². The SMILES string of the molecule is Cc1cccc(SC2CCN(C(=O)c3ccc(N(C)C)cc3)CC2)c1. The molecule has 0 N–H and O–H groups in total. The standard InChI is InChI=1S/C21H26N2OS/c1-16-5-4-6-20(15-16)25-19-11-13-23(14-12-19)21(24)17-7-9-18(10-8-17)22(2)3/h4-10,15,19H,11-14H2,1-3H3. The lowest BCUT2D eigenvalue weighted by atomic mass is 10.1. The Balaban J connectivity index is 1.55. The van der Waals surface area contributed by atoms with Gasteiger partial charge in [0.05, 0.1) is 0 Å². The number of hydrogen-bond donors (Lipinski definition) is 0. The van der Waals surface area contributed by atoms with Gasteiger partial charge in [-0.3, -0.25) is 4.79 Å². The molecule has 0 saturated carbocycles. The molecule has 1 saturated heterocycles. The van der Waals surface area contributed by atoms with Gasteiger partial charge >= 0.3 is 0 Å². The number of hydrogen-bond acceptors (Lipinski definition) is 3. The molecule has 0 spiro atoms. The van der Waals surface area contributed by atoms with Crippen LogP contribution in [0.3, 0.4) is 0 Å². The summed E-state index contributed by atoms with van der Waals surface area (Å²) in [6.45, 7) is 3.82. The van der Waals surface area contributed by atoms with Crippen molar-refractivity contribution in [3.8, 4) is 0 Å². The Hall–Kier alpha value is -1.94. The summed E-state index contributed by atoms with van der Waals surface area (Å²) in [6, 6.07) is 16.6. The molecule has 1 heterocycles. The molecule has 0 atom stereocenters. The van der Waals surface area contributed by atoms with Gasteiger partial charge in [-0.25, -0.2) is 0 Å². The maximum absolute atomic E-state index is 12.7. The molecule has 1 fully saturated rings. The molecule has 4 heteroatoms. The van der Waals surface area contributed by atoms with E-state index in [1.165, 1.54) is 10.5 Å². The maximum Gasteiger partial charge on any atom is 0.253 e. The molecular weight excluding hydrogens is 328 g/mol. The molecule has 3 nitrogen and oxygen atoms in total. The Morgan fingerprint density at radius 2 is 1.76 bits per heavy atom. The molecule has 2 aromatic carbocycles. The van der Waals surface area contributed by atoms with Crippen molar-refractivity contribution in [1.82, 2.24) is 4.90 Å². The number of rotatable bonds is 4. The lowest BCUT2D eigenvalue weighted by molar-refractivity contribution is 0.0727. The minimum absolute atomic E-state index is 0.157. The lowest BCUT2D eigenvalue weighted by Crippen LogP contribution is -2.39. The summed E-state index contributed by atoms with van der Waals surface area (Å²) >= 11 is 1.95. The smallest absolute Gasteiger partial charge is 0.253 e. The van der Waals surface area contributed by atoms with E-state index in [1.807, 2.05) is 59.9 Å². The van der Waals surface area contributed by atoms with Crippen molar-refractivity contribution in [3.63, 3.8) is 0 Å². The van der Waals surface area contributed by atoms with Crippen molar-refractivity contribution in [1.29, 1.82) is 0 Å². The van der Waals surface area contributed by atoms with E-state index in [0.717, 1.165) is 37.2 Å². The summed E-state index contributed by atoms with van der Waals surface area (Å²) in [6.07, 6.45) is 2.11. The topological polar surface area (TPSA) is 23.6 Å². The summed E-state index contributed by atoms with van der Waals surface area (Å²) in [5, 5.41) is 0.599. The molecule has 0 radical (unpaired) electrons. The van der Waals surface area contributed by atoms with Crippen LogP contribution >= 0.6 is 11.8 Å². The van der Waals surface area contributed by atoms with Gasteiger partial charge < -0.3 is 9.80 Å². The highest BCUT2D eigenvalue weighted by molar-refractivity contribution is 8.00. The number of piperidine rings is 1. The summed E-state index contributed by atoms with van der Waals surface area (Å²) in [7, 11) is 4.01. The van der Waals surface area contributed by atoms with E-state index >= 15 is 0 Å². The average molecular weight is 355 g/mol. The molecule has 1 aliphatic rings. The lowest BCUT2D eigenvalue weighted by Gasteiger charge is -2.32. The number of anilines is 1. The fourth-order valence-corrected chi connectivity index (χ4v) is 4.39. The minimum Gasteiger partial charge on any atom is -0.378 e. The molecule has 1 aliphatic heterocycles. The van der Waals surface area contributed by atoms with E-state index in [2.05, 4.69) is 31.2 Å². The van der Waals surface area contributed by atoms with Crippen molar-refractivity contribution < 1.29 is 4.79 Å². The van der Waals surface area contributed by atoms with Crippen LogP contribution in [0.5, 0.6) is 0 Å². The van der Waals surface area contributed by atoms with Crippen LogP contribution in [0.1, 0.15) is 28.8 Å². The van der Waals surface area contributed by atoms with Crippen molar-refractivity contribution in [3.05, 3.63) is 59.7 Å². The molecule has 0 bridgehead atoms. The summed E-state index contributed by atoms with van der Waals surface area (Å²) in [5.74, 6) is 0.157. The van der Waals surface area contributed by atoms with Crippen molar-refractivity contribution in [2.45, 2.75) is 29.9 Å². The molecular formula is C21H26N2OS. The maximum atomic E-state index is 12.7. The Morgan fingerprint density at radius 3 is 2.36 bits per heavy atom. The fourth-order valence-electron chi connectivity index (χ4n) is 3.14. The highest BCUT2D eigenvalue weighted by atomic mass is 32.2. The van der Waals surface area contributed by atoms with E-state index in [4.69, 9.17) is 0 Å². The van der Waals surface area contributed by atoms with Crippen LogP contribution < -0.4 is 4.90 Å². The van der Waals surface area contributed by atoms with Crippen LogP contribution in [0.2, 0.25) is 0 Å². The fraction of sp³-hybridized carbons (Fsp3) is 0.381. The van der Waals surface area contributed by atoms with Crippen molar-refractivity contribution >= 4 is 23.4 Å². The second-order valence-corrected chi connectivity index (χ2v) is 8.24. The van der Waals surface area contributed by atoms with Gasteiger partial charge in [0.15, 0.2) is 0 Å². The monoisotopic (exact) mass is 354 g/mol. The van der Waals surface area contributed by atoms with Gasteiger partial charge in [-0.05, 0) is 56.2 Å². The molecule has 3 rings (SSSR count). The Bertz CT molecular complexity index is 719.